The van der Waals surface area contributed by atoms with Crippen molar-refractivity contribution in [3.05, 3.63) is 48.0 Å². The molecule has 8 heteroatoms. The molecule has 3 aromatic rings. The number of para-hydroxylation sites is 1. The van der Waals surface area contributed by atoms with Crippen LogP contribution in [0.3, 0.4) is 0 Å². The van der Waals surface area contributed by atoms with Crippen LogP contribution in [0.25, 0.3) is 5.69 Å². The van der Waals surface area contributed by atoms with E-state index in [2.05, 4.69) is 27.6 Å². The summed E-state index contributed by atoms with van der Waals surface area (Å²) >= 11 is 1.42. The first-order valence-electron chi connectivity index (χ1n) is 8.95. The van der Waals surface area contributed by atoms with Crippen molar-refractivity contribution in [3.8, 4) is 5.69 Å². The Morgan fingerprint density at radius 3 is 2.85 bits per heavy atom. The van der Waals surface area contributed by atoms with Gasteiger partial charge in [-0.3, -0.25) is 9.36 Å². The molecule has 0 aliphatic rings. The first kappa shape index (κ1) is 19.2. The van der Waals surface area contributed by atoms with Crippen molar-refractivity contribution < 1.29 is 9.32 Å². The SMILES string of the molecule is CCCC[C@@H](Sc1nncn1-c1ccccc1C)C(=O)Nc1cc(C)on1. The van der Waals surface area contributed by atoms with Crippen molar-refractivity contribution in [2.24, 2.45) is 0 Å². The lowest BCUT2D eigenvalue weighted by Crippen LogP contribution is -2.26. The first-order valence-corrected chi connectivity index (χ1v) is 9.83. The first-order chi connectivity index (χ1) is 13.1. The van der Waals surface area contributed by atoms with Gasteiger partial charge in [0.1, 0.15) is 12.1 Å². The maximum Gasteiger partial charge on any atom is 0.239 e. The van der Waals surface area contributed by atoms with E-state index < -0.39 is 0 Å². The van der Waals surface area contributed by atoms with E-state index in [4.69, 9.17) is 4.52 Å². The normalized spacial score (nSPS) is 12.1. The van der Waals surface area contributed by atoms with E-state index in [1.165, 1.54) is 11.8 Å². The molecule has 142 valence electrons. The topological polar surface area (TPSA) is 85.8 Å². The fourth-order valence-corrected chi connectivity index (χ4v) is 3.75. The lowest BCUT2D eigenvalue weighted by molar-refractivity contribution is -0.115. The van der Waals surface area contributed by atoms with E-state index in [0.29, 0.717) is 16.7 Å². The van der Waals surface area contributed by atoms with Gasteiger partial charge in [-0.1, -0.05) is 54.9 Å². The summed E-state index contributed by atoms with van der Waals surface area (Å²) in [6.45, 7) is 5.94. The molecule has 0 aliphatic carbocycles. The molecule has 0 bridgehead atoms. The molecule has 1 atom stereocenters. The second-order valence-corrected chi connectivity index (χ2v) is 7.50. The second-order valence-electron chi connectivity index (χ2n) is 6.33. The van der Waals surface area contributed by atoms with Gasteiger partial charge in [0.25, 0.3) is 0 Å². The molecule has 0 aliphatic heterocycles. The number of hydrogen-bond acceptors (Lipinski definition) is 6. The lowest BCUT2D eigenvalue weighted by Gasteiger charge is -2.16. The number of hydrogen-bond donors (Lipinski definition) is 1. The molecule has 1 amide bonds. The third-order valence-corrected chi connectivity index (χ3v) is 5.35. The van der Waals surface area contributed by atoms with Crippen LogP contribution in [0.15, 0.2) is 46.3 Å². The van der Waals surface area contributed by atoms with E-state index in [1.54, 1.807) is 19.3 Å². The molecule has 1 aromatic carbocycles. The molecule has 0 radical (unpaired) electrons. The Kier molecular flexibility index (Phi) is 6.28. The van der Waals surface area contributed by atoms with Crippen LogP contribution >= 0.6 is 11.8 Å². The zero-order valence-electron chi connectivity index (χ0n) is 15.7. The summed E-state index contributed by atoms with van der Waals surface area (Å²) in [6, 6.07) is 9.73. The number of unbranched alkanes of at least 4 members (excludes halogenated alkanes) is 1. The molecule has 0 fully saturated rings. The standard InChI is InChI=1S/C19H23N5O2S/c1-4-5-10-16(18(25)21-17-11-14(3)26-23-17)27-19-22-20-12-24(19)15-9-7-6-8-13(15)2/h6-9,11-12,16H,4-5,10H2,1-3H3,(H,21,23,25)/t16-/m1/s1. The number of nitrogens with zero attached hydrogens (tertiary/aromatic N) is 4. The number of nitrogens with one attached hydrogen (secondary N) is 1. The third kappa shape index (κ3) is 4.77. The zero-order chi connectivity index (χ0) is 19.2. The highest BCUT2D eigenvalue weighted by Crippen LogP contribution is 2.29. The number of rotatable bonds is 8. The van der Waals surface area contributed by atoms with Crippen LogP contribution in [-0.2, 0) is 4.79 Å². The maximum atomic E-state index is 12.8. The Balaban J connectivity index is 1.80. The number of anilines is 1. The Morgan fingerprint density at radius 1 is 1.33 bits per heavy atom. The van der Waals surface area contributed by atoms with E-state index in [9.17, 15) is 4.79 Å². The molecular weight excluding hydrogens is 362 g/mol. The van der Waals surface area contributed by atoms with Gasteiger partial charge in [-0.2, -0.15) is 0 Å². The minimum Gasteiger partial charge on any atom is -0.360 e. The summed E-state index contributed by atoms with van der Waals surface area (Å²) < 4.78 is 6.95. The van der Waals surface area contributed by atoms with Crippen molar-refractivity contribution in [1.82, 2.24) is 19.9 Å². The molecule has 0 unspecified atom stereocenters. The number of thioether (sulfide) groups is 1. The molecule has 1 N–H and O–H groups in total. The van der Waals surface area contributed by atoms with Crippen molar-refractivity contribution >= 4 is 23.5 Å². The zero-order valence-corrected chi connectivity index (χ0v) is 16.5. The Bertz CT molecular complexity index is 905. The Hall–Kier alpha value is -2.61. The monoisotopic (exact) mass is 385 g/mol. The van der Waals surface area contributed by atoms with E-state index in [-0.39, 0.29) is 11.2 Å². The largest absolute Gasteiger partial charge is 0.360 e. The number of benzene rings is 1. The van der Waals surface area contributed by atoms with Crippen molar-refractivity contribution in [3.63, 3.8) is 0 Å². The highest BCUT2D eigenvalue weighted by molar-refractivity contribution is 8.00. The van der Waals surface area contributed by atoms with Gasteiger partial charge in [-0.15, -0.1) is 10.2 Å². The number of carbonyl (C=O) groups is 1. The molecule has 27 heavy (non-hydrogen) atoms. The van der Waals surface area contributed by atoms with Gasteiger partial charge < -0.3 is 9.84 Å². The minimum absolute atomic E-state index is 0.110. The average Bonchev–Trinajstić information content (AvgIpc) is 3.27. The Morgan fingerprint density at radius 2 is 2.15 bits per heavy atom. The summed E-state index contributed by atoms with van der Waals surface area (Å²) in [5.74, 6) is 0.975. The molecule has 0 saturated heterocycles. The van der Waals surface area contributed by atoms with Crippen molar-refractivity contribution in [1.29, 1.82) is 0 Å². The number of carbonyl (C=O) groups excluding carboxylic acids is 1. The van der Waals surface area contributed by atoms with Gasteiger partial charge in [0.2, 0.25) is 5.91 Å². The summed E-state index contributed by atoms with van der Waals surface area (Å²) in [6.07, 6.45) is 4.38. The van der Waals surface area contributed by atoms with Gasteiger partial charge >= 0.3 is 0 Å². The van der Waals surface area contributed by atoms with E-state index in [1.807, 2.05) is 35.8 Å². The fraction of sp³-hybridized carbons (Fsp3) is 0.368. The van der Waals surface area contributed by atoms with E-state index >= 15 is 0 Å². The number of aryl methyl sites for hydroxylation is 2. The summed E-state index contributed by atoms with van der Waals surface area (Å²) in [7, 11) is 0. The predicted molar refractivity (Wildman–Crippen MR) is 105 cm³/mol. The quantitative estimate of drug-likeness (QED) is 0.586. The molecular formula is C19H23N5O2S. The van der Waals surface area contributed by atoms with Crippen LogP contribution in [0, 0.1) is 13.8 Å². The Labute approximate surface area is 162 Å². The van der Waals surface area contributed by atoms with Gasteiger partial charge in [0.05, 0.1) is 10.9 Å². The van der Waals surface area contributed by atoms with Gasteiger partial charge in [-0.05, 0) is 31.9 Å². The van der Waals surface area contributed by atoms with Crippen LogP contribution in [-0.4, -0.2) is 31.1 Å². The van der Waals surface area contributed by atoms with Crippen LogP contribution < -0.4 is 5.32 Å². The molecule has 0 spiro atoms. The highest BCUT2D eigenvalue weighted by atomic mass is 32.2. The number of aromatic nitrogens is 4. The van der Waals surface area contributed by atoms with Crippen molar-refractivity contribution in [2.75, 3.05) is 5.32 Å². The summed E-state index contributed by atoms with van der Waals surface area (Å²) in [4.78, 5) is 12.8. The van der Waals surface area contributed by atoms with Crippen molar-refractivity contribution in [2.45, 2.75) is 50.4 Å². The second kappa shape index (κ2) is 8.85. The molecule has 2 heterocycles. The minimum atomic E-state index is -0.297. The van der Waals surface area contributed by atoms with Crippen LogP contribution in [0.2, 0.25) is 0 Å². The fourth-order valence-electron chi connectivity index (χ4n) is 2.70. The average molecular weight is 385 g/mol. The maximum absolute atomic E-state index is 12.8. The van der Waals surface area contributed by atoms with E-state index in [0.717, 1.165) is 30.5 Å². The molecule has 0 saturated carbocycles. The molecule has 3 rings (SSSR count). The van der Waals surface area contributed by atoms with Crippen LogP contribution in [0.1, 0.15) is 37.5 Å². The predicted octanol–water partition coefficient (Wildman–Crippen LogP) is 4.16. The summed E-state index contributed by atoms with van der Waals surface area (Å²) in [5.41, 5.74) is 2.12. The van der Waals surface area contributed by atoms with Crippen LogP contribution in [0.5, 0.6) is 0 Å². The van der Waals surface area contributed by atoms with Crippen LogP contribution in [0.4, 0.5) is 5.82 Å². The third-order valence-electron chi connectivity index (χ3n) is 4.13. The summed E-state index contributed by atoms with van der Waals surface area (Å²) in [5, 5.41) is 15.4. The molecule has 7 nitrogen and oxygen atoms in total. The van der Waals surface area contributed by atoms with Gasteiger partial charge in [0.15, 0.2) is 11.0 Å². The van der Waals surface area contributed by atoms with Gasteiger partial charge in [0, 0.05) is 6.07 Å². The van der Waals surface area contributed by atoms with Gasteiger partial charge in [-0.25, -0.2) is 0 Å². The highest BCUT2D eigenvalue weighted by Gasteiger charge is 2.23. The number of amides is 1. The molecule has 2 aromatic heterocycles. The lowest BCUT2D eigenvalue weighted by atomic mass is 10.2. The smallest absolute Gasteiger partial charge is 0.239 e.